The quantitative estimate of drug-likeness (QED) is 0.123. The average Bonchev–Trinajstić information content (AvgIpc) is 2.99. The lowest BCUT2D eigenvalue weighted by molar-refractivity contribution is -0.277. The first-order chi connectivity index (χ1) is 20.6. The molecule has 2 aromatic rings. The first-order valence-corrected chi connectivity index (χ1v) is 13.0. The van der Waals surface area contributed by atoms with Crippen molar-refractivity contribution >= 4 is 34.1 Å². The fourth-order valence-corrected chi connectivity index (χ4v) is 5.90. The van der Waals surface area contributed by atoms with Crippen molar-refractivity contribution in [1.82, 2.24) is 0 Å². The summed E-state index contributed by atoms with van der Waals surface area (Å²) in [6, 6.07) is 2.03. The van der Waals surface area contributed by atoms with Gasteiger partial charge in [-0.2, -0.15) is 0 Å². The fourth-order valence-electron chi connectivity index (χ4n) is 5.90. The lowest BCUT2D eigenvalue weighted by Gasteiger charge is -2.47. The van der Waals surface area contributed by atoms with Crippen molar-refractivity contribution in [2.45, 2.75) is 54.9 Å². The Labute approximate surface area is 246 Å². The Balaban J connectivity index is 1.74. The van der Waals surface area contributed by atoms with Crippen LogP contribution in [-0.4, -0.2) is 133 Å². The maximum atomic E-state index is 13.7. The third-order valence-electron chi connectivity index (χ3n) is 8.32. The fraction of sp³-hybridized carbons (Fsp3) is 0.429. The molecule has 0 aromatic heterocycles. The first-order valence-electron chi connectivity index (χ1n) is 13.0. The molecule has 3 aliphatic rings. The molecule has 1 aliphatic heterocycles. The van der Waals surface area contributed by atoms with Gasteiger partial charge < -0.3 is 59.8 Å². The second-order valence-electron chi connectivity index (χ2n) is 10.6. The topological polar surface area (TPSA) is 267 Å². The Morgan fingerprint density at radius 2 is 1.66 bits per heavy atom. The molecule has 2 aliphatic carbocycles. The maximum Gasteiger partial charge on any atom is 0.341 e. The summed E-state index contributed by atoms with van der Waals surface area (Å²) in [6.07, 6.45) is -10.5. The summed E-state index contributed by atoms with van der Waals surface area (Å²) in [7, 11) is 2.02. The summed E-state index contributed by atoms with van der Waals surface area (Å²) in [5.41, 5.74) is -9.15. The number of aromatic hydroxyl groups is 1. The first kappa shape index (κ1) is 31.4. The van der Waals surface area contributed by atoms with Gasteiger partial charge in [0.05, 0.1) is 26.4 Å². The number of aryl methyl sites for hydroxylation is 1. The molecule has 8 atom stereocenters. The summed E-state index contributed by atoms with van der Waals surface area (Å²) in [4.78, 5) is 53.2. The van der Waals surface area contributed by atoms with Gasteiger partial charge in [0.15, 0.2) is 6.10 Å². The van der Waals surface area contributed by atoms with Gasteiger partial charge in [0.2, 0.25) is 34.8 Å². The number of aliphatic hydroxyl groups is 7. The summed E-state index contributed by atoms with van der Waals surface area (Å²) in [5, 5.41) is 84.5. The van der Waals surface area contributed by atoms with Gasteiger partial charge in [-0.3, -0.25) is 14.4 Å². The second kappa shape index (κ2) is 10.6. The normalized spacial score (nSPS) is 33.4. The highest BCUT2D eigenvalue weighted by molar-refractivity contribution is 6.35. The predicted molar refractivity (Wildman–Crippen MR) is 141 cm³/mol. The largest absolute Gasteiger partial charge is 0.507 e. The van der Waals surface area contributed by atoms with E-state index in [1.165, 1.54) is 6.92 Å². The van der Waals surface area contributed by atoms with Crippen LogP contribution in [0.15, 0.2) is 24.0 Å². The minimum Gasteiger partial charge on any atom is -0.507 e. The van der Waals surface area contributed by atoms with Gasteiger partial charge in [-0.1, -0.05) is 0 Å². The summed E-state index contributed by atoms with van der Waals surface area (Å²) < 4.78 is 20.7. The SMILES string of the molecule is COC(=O)c1c(OC2OC(CO)C(O)C(O)C2O)cc2cc3c(c(O)c2c1C)C(=O)C1(O)C(=O)C=C(OC)C(O)C1(O)C3=O. The van der Waals surface area contributed by atoms with E-state index in [0.717, 1.165) is 26.4 Å². The molecule has 1 heterocycles. The van der Waals surface area contributed by atoms with Crippen LogP contribution in [0.2, 0.25) is 0 Å². The Morgan fingerprint density at radius 3 is 2.25 bits per heavy atom. The zero-order chi connectivity index (χ0) is 32.6. The second-order valence-corrected chi connectivity index (χ2v) is 10.6. The van der Waals surface area contributed by atoms with Gasteiger partial charge in [0.25, 0.3) is 0 Å². The Kier molecular flexibility index (Phi) is 7.55. The molecule has 1 saturated heterocycles. The van der Waals surface area contributed by atoms with Crippen LogP contribution in [0.25, 0.3) is 10.8 Å². The molecule has 0 bridgehead atoms. The lowest BCUT2D eigenvalue weighted by Crippen LogP contribution is -2.76. The maximum absolute atomic E-state index is 13.7. The predicted octanol–water partition coefficient (Wildman–Crippen LogP) is -2.87. The van der Waals surface area contributed by atoms with Gasteiger partial charge in [-0.15, -0.1) is 0 Å². The summed E-state index contributed by atoms with van der Waals surface area (Å²) >= 11 is 0. The van der Waals surface area contributed by atoms with Crippen LogP contribution in [0.3, 0.4) is 0 Å². The molecular weight excluding hydrogens is 592 g/mol. The van der Waals surface area contributed by atoms with Crippen LogP contribution in [0.4, 0.5) is 0 Å². The number of phenols is 1. The number of benzene rings is 2. The molecule has 0 amide bonds. The number of hydrogen-bond acceptors (Lipinski definition) is 16. The molecule has 0 saturated carbocycles. The van der Waals surface area contributed by atoms with Crippen molar-refractivity contribution in [3.05, 3.63) is 46.2 Å². The highest BCUT2D eigenvalue weighted by Crippen LogP contribution is 2.49. The minimum absolute atomic E-state index is 0.125. The summed E-state index contributed by atoms with van der Waals surface area (Å²) in [6.45, 7) is 0.495. The molecule has 44 heavy (non-hydrogen) atoms. The van der Waals surface area contributed by atoms with Gasteiger partial charge in [0, 0.05) is 17.0 Å². The number of fused-ring (bicyclic) bond motifs is 3. The van der Waals surface area contributed by atoms with E-state index in [0.29, 0.717) is 6.08 Å². The van der Waals surface area contributed by atoms with E-state index in [4.69, 9.17) is 18.9 Å². The van der Waals surface area contributed by atoms with Crippen molar-refractivity contribution in [2.24, 2.45) is 0 Å². The number of ether oxygens (including phenoxy) is 4. The van der Waals surface area contributed by atoms with Crippen LogP contribution in [0, 0.1) is 6.92 Å². The van der Waals surface area contributed by atoms with E-state index in [9.17, 15) is 60.0 Å². The average molecular weight is 621 g/mol. The van der Waals surface area contributed by atoms with E-state index in [1.54, 1.807) is 0 Å². The number of esters is 1. The van der Waals surface area contributed by atoms with Crippen molar-refractivity contribution in [2.75, 3.05) is 20.8 Å². The number of methoxy groups -OCH3 is 2. The molecule has 5 rings (SSSR count). The van der Waals surface area contributed by atoms with Crippen molar-refractivity contribution in [1.29, 1.82) is 0 Å². The van der Waals surface area contributed by atoms with Gasteiger partial charge in [-0.05, 0) is 30.0 Å². The van der Waals surface area contributed by atoms with Crippen LogP contribution in [-0.2, 0) is 19.0 Å². The van der Waals surface area contributed by atoms with Crippen LogP contribution in [0.1, 0.15) is 36.6 Å². The molecule has 2 aromatic carbocycles. The molecule has 0 radical (unpaired) electrons. The van der Waals surface area contributed by atoms with Gasteiger partial charge in [0.1, 0.15) is 47.2 Å². The number of carbonyl (C=O) groups is 4. The van der Waals surface area contributed by atoms with E-state index in [-0.39, 0.29) is 16.3 Å². The Morgan fingerprint density at radius 1 is 1.00 bits per heavy atom. The van der Waals surface area contributed by atoms with Gasteiger partial charge >= 0.3 is 5.97 Å². The minimum atomic E-state index is -3.56. The third-order valence-corrected chi connectivity index (χ3v) is 8.32. The smallest absolute Gasteiger partial charge is 0.341 e. The molecule has 1 fully saturated rings. The lowest BCUT2D eigenvalue weighted by atomic mass is 9.60. The number of hydrogen-bond donors (Lipinski definition) is 8. The number of aliphatic hydroxyl groups excluding tert-OH is 5. The van der Waals surface area contributed by atoms with Crippen LogP contribution < -0.4 is 4.74 Å². The van der Waals surface area contributed by atoms with Crippen molar-refractivity contribution in [3.63, 3.8) is 0 Å². The van der Waals surface area contributed by atoms with E-state index < -0.39 is 112 Å². The molecule has 236 valence electrons. The van der Waals surface area contributed by atoms with Crippen molar-refractivity contribution < 1.29 is 79.0 Å². The van der Waals surface area contributed by atoms with Gasteiger partial charge in [-0.25, -0.2) is 4.79 Å². The standard InChI is InChI=1S/C28H28O16/c1-8-15-9(5-11(16(8)25(38)42-3)43-26-21(34)20(33)18(31)13(7-29)44-26)4-10-17(19(15)32)24(37)27(39)14(30)6-12(41-2)23(36)28(27,40)22(10)35/h4-6,13,18,20-21,23,26,29,31-34,36,39-40H,7H2,1-3H3. The molecule has 8 unspecified atom stereocenters. The molecule has 8 N–H and O–H groups in total. The highest BCUT2D eigenvalue weighted by atomic mass is 16.7. The third kappa shape index (κ3) is 3.93. The van der Waals surface area contributed by atoms with Crippen LogP contribution in [0.5, 0.6) is 11.5 Å². The molecule has 16 heteroatoms. The number of phenolic OH excluding ortho intramolecular Hbond substituents is 1. The highest BCUT2D eigenvalue weighted by Gasteiger charge is 2.73. The van der Waals surface area contributed by atoms with Crippen LogP contribution >= 0.6 is 0 Å². The molecular formula is C28H28O16. The van der Waals surface area contributed by atoms with E-state index in [2.05, 4.69) is 0 Å². The zero-order valence-corrected chi connectivity index (χ0v) is 23.2. The zero-order valence-electron chi connectivity index (χ0n) is 23.2. The van der Waals surface area contributed by atoms with Crippen molar-refractivity contribution in [3.8, 4) is 11.5 Å². The Bertz CT molecular complexity index is 1640. The molecule has 16 nitrogen and oxygen atoms in total. The number of rotatable bonds is 5. The number of ketones is 3. The summed E-state index contributed by atoms with van der Waals surface area (Å²) in [5.74, 6) is -7.71. The number of carbonyl (C=O) groups excluding carboxylic acids is 4. The molecule has 0 spiro atoms. The Hall–Kier alpha value is -4.00. The number of Topliss-reactive ketones (excluding diaryl/α,β-unsaturated/α-hetero) is 2. The van der Waals surface area contributed by atoms with E-state index >= 15 is 0 Å². The monoisotopic (exact) mass is 620 g/mol. The van der Waals surface area contributed by atoms with E-state index in [1.807, 2.05) is 0 Å².